The number of hydrogen-bond donors (Lipinski definition) is 1. The summed E-state index contributed by atoms with van der Waals surface area (Å²) in [7, 11) is 0. The van der Waals surface area contributed by atoms with Gasteiger partial charge in [-0.1, -0.05) is 23.8 Å². The van der Waals surface area contributed by atoms with Gasteiger partial charge in [-0.2, -0.15) is 0 Å². The van der Waals surface area contributed by atoms with Crippen molar-refractivity contribution < 1.29 is 0 Å². The molecule has 1 N–H and O–H groups in total. The van der Waals surface area contributed by atoms with Gasteiger partial charge in [0.1, 0.15) is 0 Å². The number of nitrogens with one attached hydrogen (secondary N) is 1. The maximum absolute atomic E-state index is 4.13. The molecule has 1 aliphatic rings. The van der Waals surface area contributed by atoms with E-state index in [0.717, 1.165) is 32.6 Å². The van der Waals surface area contributed by atoms with Crippen molar-refractivity contribution in [3.8, 4) is 0 Å². The highest BCUT2D eigenvalue weighted by Gasteiger charge is 2.24. The average molecular weight is 331 g/mol. The zero-order valence-corrected chi connectivity index (χ0v) is 14.9. The zero-order valence-electron chi connectivity index (χ0n) is 13.3. The third-order valence-corrected chi connectivity index (χ3v) is 4.01. The minimum absolute atomic E-state index is 0. The van der Waals surface area contributed by atoms with Crippen LogP contribution in [0.5, 0.6) is 0 Å². The van der Waals surface area contributed by atoms with E-state index in [-0.39, 0.29) is 24.8 Å². The number of piperazine rings is 1. The molecule has 0 spiro atoms. The Labute approximate surface area is 141 Å². The second kappa shape index (κ2) is 9.47. The first-order valence-electron chi connectivity index (χ1n) is 7.25. The van der Waals surface area contributed by atoms with Crippen molar-refractivity contribution >= 4 is 24.8 Å². The Morgan fingerprint density at radius 3 is 2.19 bits per heavy atom. The summed E-state index contributed by atoms with van der Waals surface area (Å²) in [6, 6.07) is 7.11. The highest BCUT2D eigenvalue weighted by Crippen LogP contribution is 2.32. The van der Waals surface area contributed by atoms with Crippen LogP contribution >= 0.6 is 24.8 Å². The lowest BCUT2D eigenvalue weighted by Gasteiger charge is -2.37. The van der Waals surface area contributed by atoms with Crippen molar-refractivity contribution in [3.63, 3.8) is 0 Å². The summed E-state index contributed by atoms with van der Waals surface area (Å²) in [6.45, 7) is 15.2. The van der Waals surface area contributed by atoms with Crippen molar-refractivity contribution in [1.82, 2.24) is 10.2 Å². The van der Waals surface area contributed by atoms with E-state index in [1.807, 2.05) is 0 Å². The minimum Gasteiger partial charge on any atom is -0.314 e. The molecule has 4 heteroatoms. The molecule has 1 atom stereocenters. The topological polar surface area (TPSA) is 15.3 Å². The van der Waals surface area contributed by atoms with Gasteiger partial charge in [0.2, 0.25) is 0 Å². The molecule has 2 nitrogen and oxygen atoms in total. The van der Waals surface area contributed by atoms with Gasteiger partial charge in [0.25, 0.3) is 0 Å². The molecule has 1 aliphatic heterocycles. The van der Waals surface area contributed by atoms with E-state index in [0.29, 0.717) is 6.04 Å². The highest BCUT2D eigenvalue weighted by molar-refractivity contribution is 5.85. The molecule has 0 unspecified atom stereocenters. The van der Waals surface area contributed by atoms with E-state index < -0.39 is 0 Å². The van der Waals surface area contributed by atoms with Crippen molar-refractivity contribution in [3.05, 3.63) is 47.0 Å². The van der Waals surface area contributed by atoms with Crippen molar-refractivity contribution in [2.75, 3.05) is 26.2 Å². The molecule has 1 fully saturated rings. The number of halogens is 2. The highest BCUT2D eigenvalue weighted by atomic mass is 35.5. The molecular weight excluding hydrogens is 303 g/mol. The van der Waals surface area contributed by atoms with Crippen LogP contribution < -0.4 is 5.32 Å². The van der Waals surface area contributed by atoms with E-state index in [4.69, 9.17) is 0 Å². The van der Waals surface area contributed by atoms with E-state index in [1.165, 1.54) is 22.3 Å². The van der Waals surface area contributed by atoms with Crippen LogP contribution in [0.2, 0.25) is 0 Å². The van der Waals surface area contributed by atoms with Crippen molar-refractivity contribution in [2.45, 2.75) is 33.2 Å². The first-order valence-corrected chi connectivity index (χ1v) is 7.25. The summed E-state index contributed by atoms with van der Waals surface area (Å²) in [5.74, 6) is 0. The lowest BCUT2D eigenvalue weighted by atomic mass is 9.91. The second-order valence-electron chi connectivity index (χ2n) is 5.77. The zero-order chi connectivity index (χ0) is 13.8. The van der Waals surface area contributed by atoms with Crippen molar-refractivity contribution in [2.24, 2.45) is 0 Å². The smallest absolute Gasteiger partial charge is 0.0391 e. The monoisotopic (exact) mass is 330 g/mol. The Kier molecular flexibility index (Phi) is 9.23. The van der Waals surface area contributed by atoms with E-state index >= 15 is 0 Å². The minimum atomic E-state index is 0. The van der Waals surface area contributed by atoms with Crippen molar-refractivity contribution in [1.29, 1.82) is 0 Å². The molecule has 0 aliphatic carbocycles. The fourth-order valence-corrected chi connectivity index (χ4v) is 3.09. The molecule has 21 heavy (non-hydrogen) atoms. The third kappa shape index (κ3) is 5.30. The number of benzene rings is 1. The molecule has 0 aromatic heterocycles. The number of aryl methyl sites for hydroxylation is 2. The van der Waals surface area contributed by atoms with Crippen LogP contribution in [0.25, 0.3) is 0 Å². The van der Waals surface area contributed by atoms with Gasteiger partial charge in [-0.15, -0.1) is 31.4 Å². The van der Waals surface area contributed by atoms with Gasteiger partial charge in [0, 0.05) is 32.2 Å². The lowest BCUT2D eigenvalue weighted by Crippen LogP contribution is -2.45. The number of rotatable bonds is 4. The summed E-state index contributed by atoms with van der Waals surface area (Å²) in [5, 5.41) is 3.44. The van der Waals surface area contributed by atoms with Crippen LogP contribution in [-0.2, 0) is 0 Å². The molecule has 1 aromatic rings. The average Bonchev–Trinajstić information content (AvgIpc) is 2.38. The molecule has 1 aromatic carbocycles. The standard InChI is InChI=1S/C17H26N2.2ClH/c1-13(2)12-16(19-10-8-18-9-11-19)17-14(3)6-5-7-15(17)4;;/h5-7,16,18H,1,8-12H2,2-4H3;2*1H/t16-;;/m1../s1. The molecular formula is C17H28Cl2N2. The van der Waals surface area contributed by atoms with Gasteiger partial charge in [0.15, 0.2) is 0 Å². The molecule has 0 amide bonds. The van der Waals surface area contributed by atoms with Gasteiger partial charge in [-0.05, 0) is 43.9 Å². The predicted molar refractivity (Wildman–Crippen MR) is 97.0 cm³/mol. The van der Waals surface area contributed by atoms with Crippen LogP contribution in [0, 0.1) is 13.8 Å². The molecule has 0 saturated carbocycles. The summed E-state index contributed by atoms with van der Waals surface area (Å²) in [5.41, 5.74) is 5.59. The van der Waals surface area contributed by atoms with Crippen LogP contribution in [0.3, 0.4) is 0 Å². The Hall–Kier alpha value is -0.540. The van der Waals surface area contributed by atoms with Crippen LogP contribution in [0.1, 0.15) is 36.1 Å². The Morgan fingerprint density at radius 2 is 1.71 bits per heavy atom. The fraction of sp³-hybridized carbons (Fsp3) is 0.529. The van der Waals surface area contributed by atoms with Crippen LogP contribution in [0.4, 0.5) is 0 Å². The molecule has 1 saturated heterocycles. The normalized spacial score (nSPS) is 16.5. The molecule has 1 heterocycles. The van der Waals surface area contributed by atoms with Gasteiger partial charge >= 0.3 is 0 Å². The first-order chi connectivity index (χ1) is 9.09. The predicted octanol–water partition coefficient (Wildman–Crippen LogP) is 4.06. The summed E-state index contributed by atoms with van der Waals surface area (Å²) >= 11 is 0. The maximum atomic E-state index is 4.13. The molecule has 2 rings (SSSR count). The van der Waals surface area contributed by atoms with E-state index in [2.05, 4.69) is 55.8 Å². The first kappa shape index (κ1) is 20.5. The quantitative estimate of drug-likeness (QED) is 0.837. The molecule has 0 radical (unpaired) electrons. The largest absolute Gasteiger partial charge is 0.314 e. The third-order valence-electron chi connectivity index (χ3n) is 4.01. The summed E-state index contributed by atoms with van der Waals surface area (Å²) in [6.07, 6.45) is 1.06. The van der Waals surface area contributed by atoms with E-state index in [9.17, 15) is 0 Å². The molecule has 0 bridgehead atoms. The Morgan fingerprint density at radius 1 is 1.19 bits per heavy atom. The Balaban J connectivity index is 0.00000200. The molecule has 120 valence electrons. The summed E-state index contributed by atoms with van der Waals surface area (Å²) in [4.78, 5) is 2.61. The van der Waals surface area contributed by atoms with E-state index in [1.54, 1.807) is 0 Å². The van der Waals surface area contributed by atoms with Crippen LogP contribution in [-0.4, -0.2) is 31.1 Å². The lowest BCUT2D eigenvalue weighted by molar-refractivity contribution is 0.171. The Bertz CT molecular complexity index is 434. The van der Waals surface area contributed by atoms with Gasteiger partial charge in [-0.25, -0.2) is 0 Å². The summed E-state index contributed by atoms with van der Waals surface area (Å²) < 4.78 is 0. The van der Waals surface area contributed by atoms with Gasteiger partial charge < -0.3 is 5.32 Å². The van der Waals surface area contributed by atoms with Gasteiger partial charge in [0.05, 0.1) is 0 Å². The SMILES string of the molecule is C=C(C)C[C@H](c1c(C)cccc1C)N1CCNCC1.Cl.Cl. The van der Waals surface area contributed by atoms with Crippen LogP contribution in [0.15, 0.2) is 30.4 Å². The maximum Gasteiger partial charge on any atom is 0.0391 e. The number of hydrogen-bond acceptors (Lipinski definition) is 2. The van der Waals surface area contributed by atoms with Gasteiger partial charge in [-0.3, -0.25) is 4.90 Å². The second-order valence-corrected chi connectivity index (χ2v) is 5.77. The fourth-order valence-electron chi connectivity index (χ4n) is 3.09. The number of nitrogens with zero attached hydrogens (tertiary/aromatic N) is 1.